The lowest BCUT2D eigenvalue weighted by atomic mass is 10.9. The van der Waals surface area contributed by atoms with Crippen molar-refractivity contribution in [3.8, 4) is 0 Å². The van der Waals surface area contributed by atoms with Crippen molar-refractivity contribution >= 4 is 5.96 Å². The molecule has 0 aliphatic carbocycles. The van der Waals surface area contributed by atoms with Crippen molar-refractivity contribution in [1.82, 2.24) is 0 Å². The topological polar surface area (TPSA) is 56.7 Å². The summed E-state index contributed by atoms with van der Waals surface area (Å²) in [5.74, 6) is 0.593. The molecule has 0 saturated heterocycles. The summed E-state index contributed by atoms with van der Waals surface area (Å²) in [6, 6.07) is 0. The predicted molar refractivity (Wildman–Crippen MR) is 24.2 cm³/mol. The average molecular weight is 89.1 g/mol. The largest absolute Gasteiger partial charge is 0.436 e. The minimum Gasteiger partial charge on any atom is -0.254 e. The van der Waals surface area contributed by atoms with Crippen LogP contribution in [-0.2, 0) is 0 Å². The fourth-order valence-corrected chi connectivity index (χ4v) is 0. The molecule has 0 atom stereocenters. The summed E-state index contributed by atoms with van der Waals surface area (Å²) in [5.41, 5.74) is 8.62. The van der Waals surface area contributed by atoms with Crippen molar-refractivity contribution < 1.29 is 10.3 Å². The molecular formula is C3H11N3+2. The van der Waals surface area contributed by atoms with Crippen LogP contribution in [-0.4, -0.2) is 24.6 Å². The Hall–Kier alpha value is -0.570. The zero-order valence-corrected chi connectivity index (χ0v) is 4.23. The van der Waals surface area contributed by atoms with Gasteiger partial charge in [0.15, 0.2) is 0 Å². The third kappa shape index (κ3) is 1.72. The van der Waals surface area contributed by atoms with E-state index in [1.807, 2.05) is 14.1 Å². The van der Waals surface area contributed by atoms with E-state index in [9.17, 15) is 0 Å². The Morgan fingerprint density at radius 3 is 1.83 bits per heavy atom. The SMILES string of the molecule is C[N+](C)=C(N)[NH3+]. The van der Waals surface area contributed by atoms with E-state index in [2.05, 4.69) is 5.73 Å². The first-order chi connectivity index (χ1) is 2.64. The van der Waals surface area contributed by atoms with E-state index in [1.54, 1.807) is 4.58 Å². The third-order valence-electron chi connectivity index (χ3n) is 0.574. The highest BCUT2D eigenvalue weighted by Crippen LogP contribution is 1.41. The molecule has 5 N–H and O–H groups in total. The van der Waals surface area contributed by atoms with E-state index in [-0.39, 0.29) is 0 Å². The quantitative estimate of drug-likeness (QED) is 0.198. The maximum atomic E-state index is 5.17. The molecule has 0 heterocycles. The Morgan fingerprint density at radius 2 is 1.83 bits per heavy atom. The summed E-state index contributed by atoms with van der Waals surface area (Å²) in [6.45, 7) is 0. The molecule has 0 aromatic carbocycles. The first kappa shape index (κ1) is 5.43. The number of quaternary nitrogens is 1. The molecule has 0 bridgehead atoms. The first-order valence-corrected chi connectivity index (χ1v) is 1.76. The van der Waals surface area contributed by atoms with Gasteiger partial charge in [-0.25, -0.2) is 10.3 Å². The standard InChI is InChI=1S/C3H9N3/c1-6(2)3(4)5/h1-2H3,(H3,4,5)/p+2. The van der Waals surface area contributed by atoms with Crippen LogP contribution in [0, 0.1) is 0 Å². The minimum atomic E-state index is 0.593. The monoisotopic (exact) mass is 89.1 g/mol. The highest BCUT2D eigenvalue weighted by Gasteiger charge is 1.88. The van der Waals surface area contributed by atoms with Crippen molar-refractivity contribution in [3.63, 3.8) is 0 Å². The Kier molecular flexibility index (Phi) is 1.60. The van der Waals surface area contributed by atoms with Gasteiger partial charge in [0, 0.05) is 0 Å². The third-order valence-corrected chi connectivity index (χ3v) is 0.574. The van der Waals surface area contributed by atoms with Gasteiger partial charge in [-0.1, -0.05) is 0 Å². The molecule has 0 amide bonds. The van der Waals surface area contributed by atoms with Crippen molar-refractivity contribution in [1.29, 1.82) is 0 Å². The minimum absolute atomic E-state index is 0.593. The second-order valence-electron chi connectivity index (χ2n) is 1.39. The summed E-state index contributed by atoms with van der Waals surface area (Å²) in [5, 5.41) is 0. The van der Waals surface area contributed by atoms with Crippen molar-refractivity contribution in [2.75, 3.05) is 14.1 Å². The van der Waals surface area contributed by atoms with Gasteiger partial charge in [-0.3, -0.25) is 5.73 Å². The Morgan fingerprint density at radius 1 is 1.67 bits per heavy atom. The molecule has 0 aromatic heterocycles. The van der Waals surface area contributed by atoms with Crippen LogP contribution in [0.2, 0.25) is 0 Å². The lowest BCUT2D eigenvalue weighted by Gasteiger charge is -1.80. The molecule has 0 saturated carbocycles. The average Bonchev–Trinajstić information content (AvgIpc) is 1.36. The molecule has 0 spiro atoms. The number of nitrogens with zero attached hydrogens (tertiary/aromatic N) is 1. The van der Waals surface area contributed by atoms with Crippen LogP contribution >= 0.6 is 0 Å². The van der Waals surface area contributed by atoms with Crippen LogP contribution in [0.3, 0.4) is 0 Å². The van der Waals surface area contributed by atoms with E-state index in [4.69, 9.17) is 5.73 Å². The molecule has 0 radical (unpaired) electrons. The van der Waals surface area contributed by atoms with Crippen LogP contribution in [0.5, 0.6) is 0 Å². The van der Waals surface area contributed by atoms with Gasteiger partial charge in [-0.15, -0.1) is 0 Å². The summed E-state index contributed by atoms with van der Waals surface area (Å²) < 4.78 is 1.75. The second-order valence-corrected chi connectivity index (χ2v) is 1.39. The molecule has 3 heteroatoms. The molecule has 0 unspecified atom stereocenters. The molecular weight excluding hydrogens is 78.1 g/mol. The predicted octanol–water partition coefficient (Wildman–Crippen LogP) is -2.18. The zero-order chi connectivity index (χ0) is 5.15. The summed E-state index contributed by atoms with van der Waals surface area (Å²) >= 11 is 0. The van der Waals surface area contributed by atoms with Crippen LogP contribution in [0.25, 0.3) is 0 Å². The first-order valence-electron chi connectivity index (χ1n) is 1.76. The fourth-order valence-electron chi connectivity index (χ4n) is 0. The van der Waals surface area contributed by atoms with E-state index >= 15 is 0 Å². The maximum Gasteiger partial charge on any atom is 0.436 e. The molecule has 0 aromatic rings. The summed E-state index contributed by atoms with van der Waals surface area (Å²) in [6.07, 6.45) is 0. The molecule has 3 nitrogen and oxygen atoms in total. The van der Waals surface area contributed by atoms with Gasteiger partial charge in [0.25, 0.3) is 0 Å². The van der Waals surface area contributed by atoms with Crippen LogP contribution in [0.15, 0.2) is 0 Å². The zero-order valence-electron chi connectivity index (χ0n) is 4.23. The van der Waals surface area contributed by atoms with Gasteiger partial charge in [0.05, 0.1) is 14.1 Å². The fraction of sp³-hybridized carbons (Fsp3) is 0.667. The van der Waals surface area contributed by atoms with Crippen LogP contribution < -0.4 is 11.5 Å². The lowest BCUT2D eigenvalue weighted by Crippen LogP contribution is -2.65. The Labute approximate surface area is 37.3 Å². The molecule has 0 aliphatic heterocycles. The van der Waals surface area contributed by atoms with Gasteiger partial charge < -0.3 is 0 Å². The van der Waals surface area contributed by atoms with Gasteiger partial charge in [-0.05, 0) is 0 Å². The van der Waals surface area contributed by atoms with E-state index in [0.29, 0.717) is 5.96 Å². The number of rotatable bonds is 0. The maximum absolute atomic E-state index is 5.17. The molecule has 0 fully saturated rings. The summed E-state index contributed by atoms with van der Waals surface area (Å²) in [4.78, 5) is 0. The van der Waals surface area contributed by atoms with Crippen molar-refractivity contribution in [2.24, 2.45) is 5.73 Å². The van der Waals surface area contributed by atoms with Gasteiger partial charge in [0.1, 0.15) is 0 Å². The van der Waals surface area contributed by atoms with E-state index in [1.165, 1.54) is 0 Å². The number of hydrogen-bond donors (Lipinski definition) is 2. The number of guanidine groups is 1. The molecule has 36 valence electrons. The number of hydrogen-bond acceptors (Lipinski definition) is 0. The molecule has 0 aliphatic rings. The smallest absolute Gasteiger partial charge is 0.254 e. The van der Waals surface area contributed by atoms with E-state index in [0.717, 1.165) is 0 Å². The van der Waals surface area contributed by atoms with Crippen molar-refractivity contribution in [3.05, 3.63) is 0 Å². The Bertz CT molecular complexity index is 56.1. The summed E-state index contributed by atoms with van der Waals surface area (Å²) in [7, 11) is 3.70. The van der Waals surface area contributed by atoms with Crippen molar-refractivity contribution in [2.45, 2.75) is 0 Å². The van der Waals surface area contributed by atoms with Crippen LogP contribution in [0.4, 0.5) is 0 Å². The lowest BCUT2D eigenvalue weighted by molar-refractivity contribution is -0.509. The number of nitrogens with two attached hydrogens (primary N) is 1. The van der Waals surface area contributed by atoms with Crippen LogP contribution in [0.1, 0.15) is 0 Å². The van der Waals surface area contributed by atoms with E-state index < -0.39 is 0 Å². The highest BCUT2D eigenvalue weighted by atomic mass is 15.1. The highest BCUT2D eigenvalue weighted by molar-refractivity contribution is 5.59. The van der Waals surface area contributed by atoms with Gasteiger partial charge in [-0.2, -0.15) is 0 Å². The molecule has 0 rings (SSSR count). The van der Waals surface area contributed by atoms with Gasteiger partial charge in [0.2, 0.25) is 0 Å². The molecule has 6 heavy (non-hydrogen) atoms. The Balaban J connectivity index is 3.68. The van der Waals surface area contributed by atoms with Gasteiger partial charge >= 0.3 is 5.96 Å². The normalized spacial score (nSPS) is 7.83. The second kappa shape index (κ2) is 1.77.